The molecule has 1 aliphatic carbocycles. The predicted octanol–water partition coefficient (Wildman–Crippen LogP) is 3.99. The lowest BCUT2D eigenvalue weighted by atomic mass is 10.1. The standard InChI is InChI=1S/C23H22N6O2/c1-14(16-6-4-3-5-7-16)26-22(30)19-13-25-29(15(19)2)20-12-18(10-11-24-20)23-27-21(28-31-23)17-8-9-17/h3-7,10-14,17H,8-9H2,1-2H3,(H,26,30)/t14-/m0/s1. The molecule has 0 aliphatic heterocycles. The minimum absolute atomic E-state index is 0.115. The van der Waals surface area contributed by atoms with E-state index in [-0.39, 0.29) is 11.9 Å². The van der Waals surface area contributed by atoms with Crippen LogP contribution in [0.1, 0.15) is 59.2 Å². The molecule has 0 bridgehead atoms. The SMILES string of the molecule is Cc1c(C(=O)N[C@@H](C)c2ccccc2)cnn1-c1cc(-c2nc(C3CC3)no2)ccn1. The van der Waals surface area contributed by atoms with E-state index in [9.17, 15) is 4.79 Å². The van der Waals surface area contributed by atoms with Crippen molar-refractivity contribution in [3.8, 4) is 17.3 Å². The molecule has 8 heteroatoms. The Morgan fingerprint density at radius 1 is 1.23 bits per heavy atom. The molecule has 0 radical (unpaired) electrons. The molecule has 1 amide bonds. The first kappa shape index (κ1) is 19.2. The van der Waals surface area contributed by atoms with Gasteiger partial charge in [-0.05, 0) is 44.4 Å². The van der Waals surface area contributed by atoms with Crippen LogP contribution in [0.5, 0.6) is 0 Å². The molecule has 1 fully saturated rings. The monoisotopic (exact) mass is 414 g/mol. The van der Waals surface area contributed by atoms with Crippen molar-refractivity contribution in [1.29, 1.82) is 0 Å². The molecule has 1 N–H and O–H groups in total. The number of benzene rings is 1. The number of aromatic nitrogens is 5. The summed E-state index contributed by atoms with van der Waals surface area (Å²) in [5.74, 6) is 2.05. The largest absolute Gasteiger partial charge is 0.345 e. The lowest BCUT2D eigenvalue weighted by Gasteiger charge is -2.14. The molecule has 8 nitrogen and oxygen atoms in total. The molecule has 4 aromatic rings. The summed E-state index contributed by atoms with van der Waals surface area (Å²) in [5.41, 5.74) is 3.01. The van der Waals surface area contributed by atoms with E-state index in [1.54, 1.807) is 17.1 Å². The summed E-state index contributed by atoms with van der Waals surface area (Å²) >= 11 is 0. The minimum Gasteiger partial charge on any atom is -0.345 e. The van der Waals surface area contributed by atoms with Crippen LogP contribution in [0.4, 0.5) is 0 Å². The molecule has 3 aromatic heterocycles. The van der Waals surface area contributed by atoms with Crippen molar-refractivity contribution in [2.45, 2.75) is 38.6 Å². The van der Waals surface area contributed by atoms with Crippen LogP contribution in [-0.2, 0) is 0 Å². The van der Waals surface area contributed by atoms with Crippen molar-refractivity contribution >= 4 is 5.91 Å². The van der Waals surface area contributed by atoms with Crippen LogP contribution >= 0.6 is 0 Å². The number of pyridine rings is 1. The Bertz CT molecular complexity index is 1230. The van der Waals surface area contributed by atoms with Crippen LogP contribution < -0.4 is 5.32 Å². The zero-order chi connectivity index (χ0) is 21.4. The van der Waals surface area contributed by atoms with E-state index in [2.05, 4.69) is 25.5 Å². The molecule has 1 aromatic carbocycles. The Kier molecular flexibility index (Phi) is 4.82. The molecule has 0 unspecified atom stereocenters. The molecule has 0 saturated heterocycles. The molecule has 1 aliphatic rings. The van der Waals surface area contributed by atoms with Gasteiger partial charge in [0, 0.05) is 17.7 Å². The number of amides is 1. The average molecular weight is 414 g/mol. The second kappa shape index (κ2) is 7.79. The highest BCUT2D eigenvalue weighted by Gasteiger charge is 2.29. The first-order valence-corrected chi connectivity index (χ1v) is 10.3. The lowest BCUT2D eigenvalue weighted by molar-refractivity contribution is 0.0939. The van der Waals surface area contributed by atoms with Gasteiger partial charge >= 0.3 is 0 Å². The fourth-order valence-corrected chi connectivity index (χ4v) is 3.49. The van der Waals surface area contributed by atoms with Gasteiger partial charge in [0.2, 0.25) is 0 Å². The van der Waals surface area contributed by atoms with E-state index < -0.39 is 0 Å². The van der Waals surface area contributed by atoms with E-state index in [1.165, 1.54) is 0 Å². The minimum atomic E-state index is -0.178. The number of hydrogen-bond donors (Lipinski definition) is 1. The van der Waals surface area contributed by atoms with Gasteiger partial charge in [0.05, 0.1) is 23.5 Å². The van der Waals surface area contributed by atoms with Crippen LogP contribution in [0.2, 0.25) is 0 Å². The van der Waals surface area contributed by atoms with Gasteiger partial charge in [0.1, 0.15) is 0 Å². The predicted molar refractivity (Wildman–Crippen MR) is 114 cm³/mol. The lowest BCUT2D eigenvalue weighted by Crippen LogP contribution is -2.27. The summed E-state index contributed by atoms with van der Waals surface area (Å²) in [5, 5.41) is 11.5. The first-order valence-electron chi connectivity index (χ1n) is 10.3. The van der Waals surface area contributed by atoms with Gasteiger partial charge in [0.15, 0.2) is 11.6 Å². The van der Waals surface area contributed by atoms with Gasteiger partial charge in [-0.2, -0.15) is 10.1 Å². The highest BCUT2D eigenvalue weighted by atomic mass is 16.5. The summed E-state index contributed by atoms with van der Waals surface area (Å²) in [7, 11) is 0. The third-order valence-electron chi connectivity index (χ3n) is 5.50. The zero-order valence-corrected chi connectivity index (χ0v) is 17.3. The van der Waals surface area contributed by atoms with Crippen LogP contribution in [0.15, 0.2) is 59.4 Å². The van der Waals surface area contributed by atoms with Gasteiger partial charge in [-0.15, -0.1) is 0 Å². The first-order chi connectivity index (χ1) is 15.1. The second-order valence-corrected chi connectivity index (χ2v) is 7.80. The third-order valence-corrected chi connectivity index (χ3v) is 5.50. The summed E-state index contributed by atoms with van der Waals surface area (Å²) in [6.45, 7) is 3.81. The van der Waals surface area contributed by atoms with Gasteiger partial charge < -0.3 is 9.84 Å². The van der Waals surface area contributed by atoms with Crippen molar-refractivity contribution in [2.24, 2.45) is 0 Å². The fraction of sp³-hybridized carbons (Fsp3) is 0.261. The van der Waals surface area contributed by atoms with Crippen LogP contribution in [0.3, 0.4) is 0 Å². The summed E-state index contributed by atoms with van der Waals surface area (Å²) in [6.07, 6.45) is 5.46. The number of nitrogens with one attached hydrogen (secondary N) is 1. The Morgan fingerprint density at radius 2 is 2.03 bits per heavy atom. The van der Waals surface area contributed by atoms with Gasteiger partial charge in [-0.3, -0.25) is 4.79 Å². The van der Waals surface area contributed by atoms with Gasteiger partial charge in [-0.1, -0.05) is 35.5 Å². The Balaban J connectivity index is 1.37. The van der Waals surface area contributed by atoms with E-state index >= 15 is 0 Å². The van der Waals surface area contributed by atoms with Crippen molar-refractivity contribution in [3.63, 3.8) is 0 Å². The molecule has 5 rings (SSSR count). The quantitative estimate of drug-likeness (QED) is 0.512. The number of carbonyl (C=O) groups excluding carboxylic acids is 1. The van der Waals surface area contributed by atoms with Crippen molar-refractivity contribution in [2.75, 3.05) is 0 Å². The number of rotatable bonds is 6. The Hall–Kier alpha value is -3.81. The van der Waals surface area contributed by atoms with Crippen LogP contribution in [-0.4, -0.2) is 30.8 Å². The molecule has 156 valence electrons. The smallest absolute Gasteiger partial charge is 0.258 e. The van der Waals surface area contributed by atoms with Gasteiger partial charge in [-0.25, -0.2) is 9.67 Å². The maximum absolute atomic E-state index is 12.8. The maximum Gasteiger partial charge on any atom is 0.258 e. The summed E-state index contributed by atoms with van der Waals surface area (Å²) in [6, 6.07) is 13.4. The van der Waals surface area contributed by atoms with E-state index in [0.29, 0.717) is 28.9 Å². The molecular weight excluding hydrogens is 392 g/mol. The third kappa shape index (κ3) is 3.84. The van der Waals surface area contributed by atoms with Crippen molar-refractivity contribution in [1.82, 2.24) is 30.2 Å². The maximum atomic E-state index is 12.8. The Labute approximate surface area is 179 Å². The average Bonchev–Trinajstić information content (AvgIpc) is 3.39. The topological polar surface area (TPSA) is 98.7 Å². The van der Waals surface area contributed by atoms with Crippen LogP contribution in [0, 0.1) is 6.92 Å². The molecular formula is C23H22N6O2. The fourth-order valence-electron chi connectivity index (χ4n) is 3.49. The molecule has 0 spiro atoms. The highest BCUT2D eigenvalue weighted by molar-refractivity contribution is 5.95. The number of hydrogen-bond acceptors (Lipinski definition) is 6. The summed E-state index contributed by atoms with van der Waals surface area (Å²) < 4.78 is 7.06. The number of nitrogens with zero attached hydrogens (tertiary/aromatic N) is 5. The van der Waals surface area contributed by atoms with E-state index in [4.69, 9.17) is 4.52 Å². The van der Waals surface area contributed by atoms with Gasteiger partial charge in [0.25, 0.3) is 11.8 Å². The van der Waals surface area contributed by atoms with Crippen molar-refractivity contribution in [3.05, 3.63) is 77.5 Å². The van der Waals surface area contributed by atoms with Crippen LogP contribution in [0.25, 0.3) is 17.3 Å². The zero-order valence-electron chi connectivity index (χ0n) is 17.3. The van der Waals surface area contributed by atoms with Crippen molar-refractivity contribution < 1.29 is 9.32 Å². The van der Waals surface area contributed by atoms with E-state index in [1.807, 2.05) is 56.3 Å². The summed E-state index contributed by atoms with van der Waals surface area (Å²) in [4.78, 5) is 21.7. The second-order valence-electron chi connectivity index (χ2n) is 7.80. The normalized spacial score (nSPS) is 14.4. The molecule has 1 atom stereocenters. The number of carbonyl (C=O) groups is 1. The molecule has 3 heterocycles. The molecule has 1 saturated carbocycles. The van der Waals surface area contributed by atoms with E-state index in [0.717, 1.165) is 29.8 Å². The molecule has 31 heavy (non-hydrogen) atoms. The highest BCUT2D eigenvalue weighted by Crippen LogP contribution is 2.38. The Morgan fingerprint density at radius 3 is 2.81 bits per heavy atom.